The SMILES string of the molecule is COc1ccc(C)cc1S(=O)(=O)N(CC(=O)Nc1cccc(NC(C)=O)c1)c1ccc(F)cc1. The average Bonchev–Trinajstić information content (AvgIpc) is 2.78. The number of aryl methyl sites for hydroxylation is 1. The predicted molar refractivity (Wildman–Crippen MR) is 128 cm³/mol. The summed E-state index contributed by atoms with van der Waals surface area (Å²) in [4.78, 5) is 24.0. The van der Waals surface area contributed by atoms with Gasteiger partial charge in [-0.1, -0.05) is 12.1 Å². The Hall–Kier alpha value is -3.92. The number of nitrogens with one attached hydrogen (secondary N) is 2. The van der Waals surface area contributed by atoms with Gasteiger partial charge < -0.3 is 15.4 Å². The van der Waals surface area contributed by atoms with E-state index in [1.807, 2.05) is 0 Å². The zero-order valence-electron chi connectivity index (χ0n) is 18.8. The zero-order valence-corrected chi connectivity index (χ0v) is 19.6. The van der Waals surface area contributed by atoms with E-state index >= 15 is 0 Å². The number of halogens is 1. The maximum absolute atomic E-state index is 13.6. The minimum absolute atomic E-state index is 0.104. The minimum atomic E-state index is -4.28. The number of rotatable bonds is 8. The van der Waals surface area contributed by atoms with E-state index < -0.39 is 28.3 Å². The predicted octanol–water partition coefficient (Wildman–Crippen LogP) is 3.94. The Labute approximate surface area is 197 Å². The average molecular weight is 486 g/mol. The molecule has 0 spiro atoms. The lowest BCUT2D eigenvalue weighted by Gasteiger charge is -2.25. The van der Waals surface area contributed by atoms with Crippen molar-refractivity contribution >= 4 is 38.9 Å². The van der Waals surface area contributed by atoms with Crippen LogP contribution in [0.15, 0.2) is 71.6 Å². The second kappa shape index (κ2) is 10.3. The molecule has 10 heteroatoms. The van der Waals surface area contributed by atoms with Crippen LogP contribution in [0.5, 0.6) is 5.75 Å². The number of amides is 2. The van der Waals surface area contributed by atoms with Crippen molar-refractivity contribution in [3.8, 4) is 5.75 Å². The summed E-state index contributed by atoms with van der Waals surface area (Å²) in [7, 11) is -2.93. The molecule has 0 radical (unpaired) electrons. The second-order valence-electron chi connectivity index (χ2n) is 7.45. The molecule has 0 bridgehead atoms. The topological polar surface area (TPSA) is 105 Å². The van der Waals surface area contributed by atoms with Gasteiger partial charge in [-0.2, -0.15) is 0 Å². The summed E-state index contributed by atoms with van der Waals surface area (Å²) in [5.41, 5.74) is 1.61. The van der Waals surface area contributed by atoms with Crippen molar-refractivity contribution in [1.29, 1.82) is 0 Å². The van der Waals surface area contributed by atoms with Crippen molar-refractivity contribution in [2.75, 3.05) is 28.6 Å². The smallest absolute Gasteiger partial charge is 0.268 e. The Balaban J connectivity index is 1.96. The largest absolute Gasteiger partial charge is 0.495 e. The summed E-state index contributed by atoms with van der Waals surface area (Å²) in [6.07, 6.45) is 0. The van der Waals surface area contributed by atoms with E-state index in [1.54, 1.807) is 37.3 Å². The fraction of sp³-hybridized carbons (Fsp3) is 0.167. The summed E-state index contributed by atoms with van der Waals surface area (Å²) < 4.78 is 46.9. The first-order chi connectivity index (χ1) is 16.1. The van der Waals surface area contributed by atoms with Crippen LogP contribution in [0.1, 0.15) is 12.5 Å². The third-order valence-electron chi connectivity index (χ3n) is 4.76. The van der Waals surface area contributed by atoms with E-state index in [4.69, 9.17) is 4.74 Å². The van der Waals surface area contributed by atoms with Gasteiger partial charge in [0, 0.05) is 18.3 Å². The monoisotopic (exact) mass is 485 g/mol. The van der Waals surface area contributed by atoms with Crippen LogP contribution >= 0.6 is 0 Å². The maximum atomic E-state index is 13.6. The Bertz CT molecular complexity index is 1310. The molecule has 2 N–H and O–H groups in total. The van der Waals surface area contributed by atoms with Crippen LogP contribution in [0.3, 0.4) is 0 Å². The number of nitrogens with zero attached hydrogens (tertiary/aromatic N) is 1. The van der Waals surface area contributed by atoms with Gasteiger partial charge in [-0.05, 0) is 67.1 Å². The molecular formula is C24H24FN3O5S. The van der Waals surface area contributed by atoms with Crippen LogP contribution in [0.2, 0.25) is 0 Å². The lowest BCUT2D eigenvalue weighted by atomic mass is 10.2. The van der Waals surface area contributed by atoms with Crippen LogP contribution in [-0.2, 0) is 19.6 Å². The highest BCUT2D eigenvalue weighted by Crippen LogP contribution is 2.31. The summed E-state index contributed by atoms with van der Waals surface area (Å²) >= 11 is 0. The summed E-state index contributed by atoms with van der Waals surface area (Å²) in [5.74, 6) is -1.35. The first kappa shape index (κ1) is 24.7. The molecule has 0 saturated carbocycles. The van der Waals surface area contributed by atoms with Crippen molar-refractivity contribution in [2.24, 2.45) is 0 Å². The second-order valence-corrected chi connectivity index (χ2v) is 9.28. The molecule has 0 saturated heterocycles. The molecule has 178 valence electrons. The Morgan fingerprint density at radius 2 is 1.62 bits per heavy atom. The molecule has 0 fully saturated rings. The Morgan fingerprint density at radius 1 is 0.971 bits per heavy atom. The summed E-state index contributed by atoms with van der Waals surface area (Å²) in [6, 6.07) is 15.9. The van der Waals surface area contributed by atoms with Gasteiger partial charge in [-0.15, -0.1) is 0 Å². The molecule has 0 atom stereocenters. The van der Waals surface area contributed by atoms with Gasteiger partial charge in [0.2, 0.25) is 11.8 Å². The lowest BCUT2D eigenvalue weighted by molar-refractivity contribution is -0.115. The quantitative estimate of drug-likeness (QED) is 0.503. The third-order valence-corrected chi connectivity index (χ3v) is 6.55. The number of benzene rings is 3. The van der Waals surface area contributed by atoms with E-state index in [-0.39, 0.29) is 22.2 Å². The molecule has 34 heavy (non-hydrogen) atoms. The van der Waals surface area contributed by atoms with Crippen LogP contribution in [0.25, 0.3) is 0 Å². The first-order valence-corrected chi connectivity index (χ1v) is 11.6. The van der Waals surface area contributed by atoms with Gasteiger partial charge in [-0.25, -0.2) is 12.8 Å². The normalized spacial score (nSPS) is 10.9. The van der Waals surface area contributed by atoms with Gasteiger partial charge in [0.15, 0.2) is 0 Å². The molecule has 0 aromatic heterocycles. The number of carbonyl (C=O) groups excluding carboxylic acids is 2. The molecule has 3 aromatic carbocycles. The van der Waals surface area contributed by atoms with Crippen LogP contribution in [0.4, 0.5) is 21.5 Å². The molecule has 2 amide bonds. The maximum Gasteiger partial charge on any atom is 0.268 e. The van der Waals surface area contributed by atoms with Crippen LogP contribution in [-0.4, -0.2) is 33.9 Å². The van der Waals surface area contributed by atoms with Crippen LogP contribution in [0, 0.1) is 12.7 Å². The summed E-state index contributed by atoms with van der Waals surface area (Å²) in [5, 5.41) is 5.24. The van der Waals surface area contributed by atoms with Crippen LogP contribution < -0.4 is 19.7 Å². The van der Waals surface area contributed by atoms with Crippen molar-refractivity contribution in [3.63, 3.8) is 0 Å². The number of hydrogen-bond donors (Lipinski definition) is 2. The number of carbonyl (C=O) groups is 2. The van der Waals surface area contributed by atoms with E-state index in [1.165, 1.54) is 38.3 Å². The fourth-order valence-electron chi connectivity index (χ4n) is 3.24. The molecule has 3 aromatic rings. The molecule has 0 aliphatic carbocycles. The number of methoxy groups -OCH3 is 1. The highest BCUT2D eigenvalue weighted by atomic mass is 32.2. The molecule has 0 aliphatic rings. The van der Waals surface area contributed by atoms with E-state index in [0.29, 0.717) is 16.9 Å². The highest BCUT2D eigenvalue weighted by molar-refractivity contribution is 7.93. The summed E-state index contributed by atoms with van der Waals surface area (Å²) in [6.45, 7) is 2.50. The molecule has 0 heterocycles. The molecule has 8 nitrogen and oxygen atoms in total. The van der Waals surface area contributed by atoms with E-state index in [9.17, 15) is 22.4 Å². The molecule has 0 unspecified atom stereocenters. The van der Waals surface area contributed by atoms with Gasteiger partial charge >= 0.3 is 0 Å². The van der Waals surface area contributed by atoms with E-state index in [0.717, 1.165) is 16.4 Å². The number of sulfonamides is 1. The standard InChI is InChI=1S/C24H24FN3O5S/c1-16-7-12-22(33-3)23(13-16)34(31,32)28(21-10-8-18(25)9-11-21)15-24(30)27-20-6-4-5-19(14-20)26-17(2)29/h4-14H,15H2,1-3H3,(H,26,29)(H,27,30). The number of ether oxygens (including phenoxy) is 1. The van der Waals surface area contributed by atoms with Gasteiger partial charge in [0.25, 0.3) is 10.0 Å². The Kier molecular flexibility index (Phi) is 7.52. The van der Waals surface area contributed by atoms with Gasteiger partial charge in [0.1, 0.15) is 23.0 Å². The molecule has 3 rings (SSSR count). The lowest BCUT2D eigenvalue weighted by Crippen LogP contribution is -2.38. The number of anilines is 3. The molecular weight excluding hydrogens is 461 g/mol. The Morgan fingerprint density at radius 3 is 2.24 bits per heavy atom. The third kappa shape index (κ3) is 5.90. The van der Waals surface area contributed by atoms with Crippen molar-refractivity contribution in [2.45, 2.75) is 18.7 Å². The van der Waals surface area contributed by atoms with Crippen molar-refractivity contribution in [3.05, 3.63) is 78.1 Å². The fourth-order valence-corrected chi connectivity index (χ4v) is 4.90. The number of hydrogen-bond acceptors (Lipinski definition) is 5. The molecule has 0 aliphatic heterocycles. The minimum Gasteiger partial charge on any atom is -0.495 e. The van der Waals surface area contributed by atoms with Gasteiger partial charge in [0.05, 0.1) is 12.8 Å². The van der Waals surface area contributed by atoms with Gasteiger partial charge in [-0.3, -0.25) is 13.9 Å². The van der Waals surface area contributed by atoms with Crippen molar-refractivity contribution in [1.82, 2.24) is 0 Å². The highest BCUT2D eigenvalue weighted by Gasteiger charge is 2.30. The van der Waals surface area contributed by atoms with Crippen molar-refractivity contribution < 1.29 is 27.1 Å². The zero-order chi connectivity index (χ0) is 24.9. The first-order valence-electron chi connectivity index (χ1n) is 10.2. The van der Waals surface area contributed by atoms with E-state index in [2.05, 4.69) is 10.6 Å².